The lowest BCUT2D eigenvalue weighted by atomic mass is 10.1. The summed E-state index contributed by atoms with van der Waals surface area (Å²) in [4.78, 5) is 25.6. The van der Waals surface area contributed by atoms with Gasteiger partial charge in [-0.15, -0.1) is 0 Å². The quantitative estimate of drug-likeness (QED) is 0.287. The Labute approximate surface area is 110 Å². The number of phenols is 1. The van der Waals surface area contributed by atoms with Crippen LogP contribution in [0.1, 0.15) is 5.56 Å². The van der Waals surface area contributed by atoms with Gasteiger partial charge in [-0.05, 0) is 6.07 Å². The highest BCUT2D eigenvalue weighted by molar-refractivity contribution is 6.42. The number of hydrogen-bond acceptors (Lipinski definition) is 5. The molecule has 2 rings (SSSR count). The van der Waals surface area contributed by atoms with Crippen molar-refractivity contribution in [3.63, 3.8) is 0 Å². The number of aromatic hydroxyl groups is 1. The van der Waals surface area contributed by atoms with Crippen molar-refractivity contribution in [1.82, 2.24) is 0 Å². The number of halogens is 1. The van der Waals surface area contributed by atoms with E-state index in [1.165, 1.54) is 0 Å². The largest absolute Gasteiger partial charge is 0.505 e. The third-order valence-corrected chi connectivity index (χ3v) is 2.55. The van der Waals surface area contributed by atoms with Crippen LogP contribution in [0.25, 0.3) is 16.5 Å². The minimum atomic E-state index is -1.02. The Morgan fingerprint density at radius 1 is 1.45 bits per heavy atom. The predicted molar refractivity (Wildman–Crippen MR) is 63.9 cm³/mol. The number of methoxy groups -OCH3 is 1. The smallest absolute Gasteiger partial charge is 0.422 e. The van der Waals surface area contributed by atoms with Crippen LogP contribution in [0, 0.1) is 5.82 Å². The summed E-state index contributed by atoms with van der Waals surface area (Å²) in [5.41, 5.74) is 7.06. The highest BCUT2D eigenvalue weighted by atomic mass is 19.1. The maximum atomic E-state index is 13.4. The standard InChI is InChI=1S/C12H7FN2O5/c1-19-12(18)11(15-14)6-3-10(17)20-9-4-8(16)7(13)2-5(6)9/h2-4,16H,1H3. The molecular formula is C12H7FN2O5. The van der Waals surface area contributed by atoms with Gasteiger partial charge in [0.2, 0.25) is 0 Å². The average molecular weight is 278 g/mol. The van der Waals surface area contributed by atoms with Crippen LogP contribution in [-0.2, 0) is 9.53 Å². The van der Waals surface area contributed by atoms with E-state index < -0.39 is 28.9 Å². The van der Waals surface area contributed by atoms with Crippen LogP contribution in [-0.4, -0.2) is 28.7 Å². The summed E-state index contributed by atoms with van der Waals surface area (Å²) >= 11 is 0. The van der Waals surface area contributed by atoms with E-state index in [-0.39, 0.29) is 16.5 Å². The van der Waals surface area contributed by atoms with Gasteiger partial charge in [-0.1, -0.05) is 0 Å². The molecule has 0 fully saturated rings. The molecule has 1 N–H and O–H groups in total. The molecule has 0 aliphatic rings. The van der Waals surface area contributed by atoms with Crippen LogP contribution in [0.2, 0.25) is 0 Å². The molecule has 2 aromatic rings. The Balaban J connectivity index is 2.89. The number of nitrogens with zero attached hydrogens (tertiary/aromatic N) is 2. The van der Waals surface area contributed by atoms with Gasteiger partial charge in [0, 0.05) is 17.5 Å². The van der Waals surface area contributed by atoms with Crippen molar-refractivity contribution in [3.8, 4) is 5.75 Å². The van der Waals surface area contributed by atoms with E-state index in [0.29, 0.717) is 0 Å². The summed E-state index contributed by atoms with van der Waals surface area (Å²) in [7, 11) is 1.05. The maximum absolute atomic E-state index is 13.4. The summed E-state index contributed by atoms with van der Waals surface area (Å²) in [6, 6.07) is 2.57. The summed E-state index contributed by atoms with van der Waals surface area (Å²) in [5, 5.41) is 9.21. The molecule has 0 aliphatic heterocycles. The fraction of sp³-hybridized carbons (Fsp3) is 0.0833. The molecule has 7 nitrogen and oxygen atoms in total. The number of fused-ring (bicyclic) bond motifs is 1. The van der Waals surface area contributed by atoms with E-state index in [2.05, 4.69) is 9.53 Å². The van der Waals surface area contributed by atoms with Crippen molar-refractivity contribution in [1.29, 1.82) is 0 Å². The van der Waals surface area contributed by atoms with Gasteiger partial charge in [-0.2, -0.15) is 4.79 Å². The molecule has 20 heavy (non-hydrogen) atoms. The van der Waals surface area contributed by atoms with Crippen molar-refractivity contribution in [2.45, 2.75) is 0 Å². The SMILES string of the molecule is COC(=O)C(=[N+]=[N-])c1cc(=O)oc2cc(O)c(F)cc12. The Morgan fingerprint density at radius 3 is 2.75 bits per heavy atom. The van der Waals surface area contributed by atoms with E-state index in [1.54, 1.807) is 0 Å². The van der Waals surface area contributed by atoms with Crippen LogP contribution in [0.15, 0.2) is 27.4 Å². The molecular weight excluding hydrogens is 271 g/mol. The number of rotatable bonds is 2. The average Bonchev–Trinajstić information content (AvgIpc) is 2.41. The van der Waals surface area contributed by atoms with Gasteiger partial charge < -0.3 is 19.8 Å². The third kappa shape index (κ3) is 2.15. The number of esters is 1. The molecule has 0 saturated carbocycles. The Bertz CT molecular complexity index is 820. The first-order valence-electron chi connectivity index (χ1n) is 5.25. The number of benzene rings is 1. The van der Waals surface area contributed by atoms with Crippen LogP contribution in [0.4, 0.5) is 4.39 Å². The topological polar surface area (TPSA) is 113 Å². The van der Waals surface area contributed by atoms with Crippen molar-refractivity contribution in [2.24, 2.45) is 0 Å². The number of phenolic OH excluding ortho intramolecular Hbond substituents is 1. The Morgan fingerprint density at radius 2 is 2.15 bits per heavy atom. The molecule has 0 atom stereocenters. The zero-order valence-corrected chi connectivity index (χ0v) is 10.1. The summed E-state index contributed by atoms with van der Waals surface area (Å²) < 4.78 is 22.6. The Kier molecular flexibility index (Phi) is 3.32. The van der Waals surface area contributed by atoms with Gasteiger partial charge in [-0.3, -0.25) is 0 Å². The fourth-order valence-electron chi connectivity index (χ4n) is 1.67. The monoisotopic (exact) mass is 278 g/mol. The number of hydrogen-bond donors (Lipinski definition) is 1. The summed E-state index contributed by atoms with van der Waals surface area (Å²) in [6.45, 7) is 0. The zero-order chi connectivity index (χ0) is 14.9. The third-order valence-electron chi connectivity index (χ3n) is 2.55. The second-order valence-corrected chi connectivity index (χ2v) is 3.72. The molecule has 0 bridgehead atoms. The lowest BCUT2D eigenvalue weighted by Crippen LogP contribution is -2.20. The molecule has 1 heterocycles. The minimum Gasteiger partial charge on any atom is -0.505 e. The summed E-state index contributed by atoms with van der Waals surface area (Å²) in [5.74, 6) is -2.74. The van der Waals surface area contributed by atoms with E-state index in [4.69, 9.17) is 9.95 Å². The fourth-order valence-corrected chi connectivity index (χ4v) is 1.67. The second-order valence-electron chi connectivity index (χ2n) is 3.72. The minimum absolute atomic E-state index is 0.0295. The van der Waals surface area contributed by atoms with Gasteiger partial charge in [0.1, 0.15) is 5.58 Å². The highest BCUT2D eigenvalue weighted by Crippen LogP contribution is 2.25. The predicted octanol–water partition coefficient (Wildman–Crippen LogP) is 0.830. The molecule has 0 unspecified atom stereocenters. The number of ether oxygens (including phenoxy) is 1. The van der Waals surface area contributed by atoms with Crippen molar-refractivity contribution >= 4 is 22.7 Å². The molecule has 0 aliphatic carbocycles. The van der Waals surface area contributed by atoms with Crippen molar-refractivity contribution in [3.05, 3.63) is 45.5 Å². The lowest BCUT2D eigenvalue weighted by molar-refractivity contribution is -0.137. The van der Waals surface area contributed by atoms with Crippen LogP contribution in [0.3, 0.4) is 0 Å². The van der Waals surface area contributed by atoms with Gasteiger partial charge in [0.15, 0.2) is 11.6 Å². The van der Waals surface area contributed by atoms with Gasteiger partial charge in [0.05, 0.1) is 12.7 Å². The normalized spacial score (nSPS) is 10.1. The van der Waals surface area contributed by atoms with Gasteiger partial charge in [-0.25, -0.2) is 14.0 Å². The molecule has 0 saturated heterocycles. The molecule has 0 spiro atoms. The van der Waals surface area contributed by atoms with Gasteiger partial charge in [0.25, 0.3) is 0 Å². The van der Waals surface area contributed by atoms with Crippen molar-refractivity contribution < 1.29 is 28.2 Å². The first kappa shape index (κ1) is 13.4. The number of carbonyl (C=O) groups is 1. The lowest BCUT2D eigenvalue weighted by Gasteiger charge is -2.02. The van der Waals surface area contributed by atoms with Crippen LogP contribution < -0.4 is 5.63 Å². The zero-order valence-electron chi connectivity index (χ0n) is 10.1. The molecule has 1 aromatic heterocycles. The number of carbonyl (C=O) groups excluding carboxylic acids is 1. The molecule has 1 aromatic carbocycles. The van der Waals surface area contributed by atoms with Crippen LogP contribution in [0.5, 0.6) is 5.75 Å². The van der Waals surface area contributed by atoms with Crippen molar-refractivity contribution in [2.75, 3.05) is 7.11 Å². The van der Waals surface area contributed by atoms with E-state index >= 15 is 0 Å². The molecule has 0 radical (unpaired) electrons. The van der Waals surface area contributed by atoms with Crippen LogP contribution >= 0.6 is 0 Å². The molecule has 8 heteroatoms. The molecule has 0 amide bonds. The highest BCUT2D eigenvalue weighted by Gasteiger charge is 2.27. The molecule has 102 valence electrons. The second kappa shape index (κ2) is 4.94. The first-order chi connectivity index (χ1) is 9.47. The summed E-state index contributed by atoms with van der Waals surface area (Å²) in [6.07, 6.45) is 0. The van der Waals surface area contributed by atoms with E-state index in [0.717, 1.165) is 25.3 Å². The Hall–Kier alpha value is -2.99. The van der Waals surface area contributed by atoms with E-state index in [1.807, 2.05) is 0 Å². The van der Waals surface area contributed by atoms with Gasteiger partial charge >= 0.3 is 17.3 Å². The first-order valence-corrected chi connectivity index (χ1v) is 5.25. The van der Waals surface area contributed by atoms with E-state index in [9.17, 15) is 19.1 Å². The maximum Gasteiger partial charge on any atom is 0.422 e.